The largest absolute Gasteiger partial charge is 0.292 e. The Bertz CT molecular complexity index is 1340. The van der Waals surface area contributed by atoms with Gasteiger partial charge in [0.2, 0.25) is 0 Å². The number of fused-ring (bicyclic) bond motifs is 1. The number of benzene rings is 2. The van der Waals surface area contributed by atoms with E-state index in [1.165, 1.54) is 4.68 Å². The third-order valence-electron chi connectivity index (χ3n) is 4.95. The highest BCUT2D eigenvalue weighted by molar-refractivity contribution is 6.05. The average molecular weight is 400 g/mol. The maximum atomic E-state index is 12.9. The molecule has 0 unspecified atom stereocenters. The van der Waals surface area contributed by atoms with Gasteiger partial charge in [0.1, 0.15) is 0 Å². The van der Waals surface area contributed by atoms with Gasteiger partial charge in [0.25, 0.3) is 11.5 Å². The summed E-state index contributed by atoms with van der Waals surface area (Å²) < 4.78 is 2.99. The SMILES string of the molecule is Cc1nn(C)c(C)c1/C=N\NC(=O)c1nn(-c2ccccc2)c(=O)c2ccccc12. The molecule has 0 saturated carbocycles. The molecular weight excluding hydrogens is 380 g/mol. The highest BCUT2D eigenvalue weighted by atomic mass is 16.2. The number of amides is 1. The van der Waals surface area contributed by atoms with Gasteiger partial charge in [-0.1, -0.05) is 36.4 Å². The molecule has 0 bridgehead atoms. The third kappa shape index (κ3) is 3.39. The number of hydrogen-bond acceptors (Lipinski definition) is 5. The van der Waals surface area contributed by atoms with Gasteiger partial charge in [-0.3, -0.25) is 14.3 Å². The van der Waals surface area contributed by atoms with E-state index in [0.717, 1.165) is 17.0 Å². The van der Waals surface area contributed by atoms with Crippen molar-refractivity contribution < 1.29 is 4.79 Å². The summed E-state index contributed by atoms with van der Waals surface area (Å²) in [5.41, 5.74) is 5.51. The Labute approximate surface area is 172 Å². The Morgan fingerprint density at radius 3 is 2.33 bits per heavy atom. The minimum atomic E-state index is -0.508. The number of carbonyl (C=O) groups excluding carboxylic acids is 1. The number of carbonyl (C=O) groups is 1. The predicted octanol–water partition coefficient (Wildman–Crippen LogP) is 2.50. The smallest absolute Gasteiger partial charge is 0.272 e. The molecule has 150 valence electrons. The van der Waals surface area contributed by atoms with Crippen LogP contribution in [0.25, 0.3) is 16.5 Å². The molecule has 0 fully saturated rings. The lowest BCUT2D eigenvalue weighted by Crippen LogP contribution is -2.28. The number of aromatic nitrogens is 4. The first-order chi connectivity index (χ1) is 14.5. The number of para-hydroxylation sites is 1. The van der Waals surface area contributed by atoms with Gasteiger partial charge in [0, 0.05) is 23.7 Å². The predicted molar refractivity (Wildman–Crippen MR) is 115 cm³/mol. The van der Waals surface area contributed by atoms with Crippen molar-refractivity contribution in [3.63, 3.8) is 0 Å². The van der Waals surface area contributed by atoms with E-state index in [9.17, 15) is 9.59 Å². The van der Waals surface area contributed by atoms with E-state index >= 15 is 0 Å². The fourth-order valence-electron chi connectivity index (χ4n) is 3.29. The van der Waals surface area contributed by atoms with Crippen LogP contribution in [-0.4, -0.2) is 31.7 Å². The molecule has 0 aliphatic heterocycles. The fraction of sp³-hybridized carbons (Fsp3) is 0.136. The molecule has 1 N–H and O–H groups in total. The topological polar surface area (TPSA) is 94.2 Å². The second-order valence-corrected chi connectivity index (χ2v) is 6.85. The number of nitrogens with one attached hydrogen (secondary N) is 1. The van der Waals surface area contributed by atoms with E-state index in [0.29, 0.717) is 16.5 Å². The summed E-state index contributed by atoms with van der Waals surface area (Å²) in [4.78, 5) is 25.8. The first-order valence-electron chi connectivity index (χ1n) is 9.38. The number of hydrogen-bond donors (Lipinski definition) is 1. The number of nitrogens with zero attached hydrogens (tertiary/aromatic N) is 5. The van der Waals surface area contributed by atoms with Crippen molar-refractivity contribution in [2.75, 3.05) is 0 Å². The second kappa shape index (κ2) is 7.75. The highest BCUT2D eigenvalue weighted by Gasteiger charge is 2.17. The molecule has 4 rings (SSSR count). The molecule has 1 amide bonds. The molecule has 30 heavy (non-hydrogen) atoms. The Morgan fingerprint density at radius 1 is 1.00 bits per heavy atom. The average Bonchev–Trinajstić information content (AvgIpc) is 3.00. The van der Waals surface area contributed by atoms with Crippen LogP contribution in [0, 0.1) is 13.8 Å². The van der Waals surface area contributed by atoms with E-state index in [1.807, 2.05) is 27.0 Å². The van der Waals surface area contributed by atoms with Gasteiger partial charge in [-0.05, 0) is 32.0 Å². The molecule has 0 saturated heterocycles. The molecular formula is C22H20N6O2. The summed E-state index contributed by atoms with van der Waals surface area (Å²) in [7, 11) is 1.85. The lowest BCUT2D eigenvalue weighted by atomic mass is 10.1. The molecule has 8 heteroatoms. The van der Waals surface area contributed by atoms with Gasteiger partial charge in [0.15, 0.2) is 5.69 Å². The van der Waals surface area contributed by atoms with Crippen molar-refractivity contribution in [3.05, 3.63) is 87.6 Å². The number of aryl methyl sites for hydroxylation is 2. The van der Waals surface area contributed by atoms with Crippen LogP contribution >= 0.6 is 0 Å². The standard InChI is InChI=1S/C22H20N6O2/c1-14-19(15(2)27(3)25-14)13-23-24-21(29)20-17-11-7-8-12-18(17)22(30)28(26-20)16-9-5-4-6-10-16/h4-13H,1-3H3,(H,24,29)/b23-13-. The second-order valence-electron chi connectivity index (χ2n) is 6.85. The summed E-state index contributed by atoms with van der Waals surface area (Å²) in [6.45, 7) is 3.80. The zero-order valence-corrected chi connectivity index (χ0v) is 16.8. The fourth-order valence-corrected chi connectivity index (χ4v) is 3.29. The van der Waals surface area contributed by atoms with E-state index < -0.39 is 5.91 Å². The van der Waals surface area contributed by atoms with Crippen LogP contribution in [0.3, 0.4) is 0 Å². The van der Waals surface area contributed by atoms with Crippen molar-refractivity contribution in [2.45, 2.75) is 13.8 Å². The first kappa shape index (κ1) is 19.3. The molecule has 0 aliphatic rings. The van der Waals surface area contributed by atoms with Crippen LogP contribution in [0.15, 0.2) is 64.5 Å². The van der Waals surface area contributed by atoms with Gasteiger partial charge in [-0.15, -0.1) is 0 Å². The van der Waals surface area contributed by atoms with E-state index in [1.54, 1.807) is 59.4 Å². The molecule has 0 spiro atoms. The summed E-state index contributed by atoms with van der Waals surface area (Å²) >= 11 is 0. The van der Waals surface area contributed by atoms with E-state index in [4.69, 9.17) is 0 Å². The number of hydrazone groups is 1. The van der Waals surface area contributed by atoms with Gasteiger partial charge < -0.3 is 0 Å². The monoisotopic (exact) mass is 400 g/mol. The van der Waals surface area contributed by atoms with Crippen LogP contribution in [0.2, 0.25) is 0 Å². The van der Waals surface area contributed by atoms with Crippen LogP contribution < -0.4 is 11.0 Å². The minimum Gasteiger partial charge on any atom is -0.272 e. The molecule has 4 aromatic rings. The van der Waals surface area contributed by atoms with Crippen LogP contribution in [-0.2, 0) is 7.05 Å². The Morgan fingerprint density at radius 2 is 1.67 bits per heavy atom. The van der Waals surface area contributed by atoms with Gasteiger partial charge in [-0.2, -0.15) is 20.0 Å². The molecule has 2 aromatic heterocycles. The summed E-state index contributed by atoms with van der Waals surface area (Å²) in [6, 6.07) is 15.9. The molecule has 0 atom stereocenters. The van der Waals surface area contributed by atoms with Crippen molar-refractivity contribution in [2.24, 2.45) is 12.1 Å². The zero-order chi connectivity index (χ0) is 21.3. The molecule has 0 radical (unpaired) electrons. The third-order valence-corrected chi connectivity index (χ3v) is 4.95. The van der Waals surface area contributed by atoms with Crippen molar-refractivity contribution >= 4 is 22.9 Å². The first-order valence-corrected chi connectivity index (χ1v) is 9.38. The van der Waals surface area contributed by atoms with Gasteiger partial charge >= 0.3 is 0 Å². The van der Waals surface area contributed by atoms with Crippen molar-refractivity contribution in [1.29, 1.82) is 0 Å². The Hall–Kier alpha value is -4.07. The lowest BCUT2D eigenvalue weighted by molar-refractivity contribution is 0.0950. The Balaban J connectivity index is 1.74. The lowest BCUT2D eigenvalue weighted by Gasteiger charge is -2.10. The molecule has 8 nitrogen and oxygen atoms in total. The number of rotatable bonds is 4. The summed E-state index contributed by atoms with van der Waals surface area (Å²) in [5.74, 6) is -0.508. The normalized spacial score (nSPS) is 11.3. The van der Waals surface area contributed by atoms with Gasteiger partial charge in [-0.25, -0.2) is 5.43 Å². The maximum Gasteiger partial charge on any atom is 0.292 e. The summed E-state index contributed by atoms with van der Waals surface area (Å²) in [5, 5.41) is 13.6. The zero-order valence-electron chi connectivity index (χ0n) is 16.8. The van der Waals surface area contributed by atoms with E-state index in [-0.39, 0.29) is 11.3 Å². The molecule has 2 aromatic carbocycles. The Kier molecular flexibility index (Phi) is 4.97. The van der Waals surface area contributed by atoms with Crippen LogP contribution in [0.5, 0.6) is 0 Å². The van der Waals surface area contributed by atoms with Gasteiger partial charge in [0.05, 0.1) is 23.0 Å². The maximum absolute atomic E-state index is 12.9. The van der Waals surface area contributed by atoms with E-state index in [2.05, 4.69) is 20.7 Å². The molecule has 2 heterocycles. The quantitative estimate of drug-likeness (QED) is 0.421. The summed E-state index contributed by atoms with van der Waals surface area (Å²) in [6.07, 6.45) is 1.56. The van der Waals surface area contributed by atoms with Crippen LogP contribution in [0.1, 0.15) is 27.4 Å². The van der Waals surface area contributed by atoms with Crippen molar-refractivity contribution in [3.8, 4) is 5.69 Å². The molecule has 0 aliphatic carbocycles. The van der Waals surface area contributed by atoms with Crippen LogP contribution in [0.4, 0.5) is 0 Å². The van der Waals surface area contributed by atoms with Crippen molar-refractivity contribution in [1.82, 2.24) is 25.0 Å². The minimum absolute atomic E-state index is 0.117. The highest BCUT2D eigenvalue weighted by Crippen LogP contribution is 2.15.